The summed E-state index contributed by atoms with van der Waals surface area (Å²) in [4.78, 5) is 45.5. The third-order valence-corrected chi connectivity index (χ3v) is 5.16. The average molecular weight is 453 g/mol. The number of nitrogens with one attached hydrogen (secondary N) is 1. The number of anilines is 1. The monoisotopic (exact) mass is 452 g/mol. The van der Waals surface area contributed by atoms with Gasteiger partial charge in [-0.3, -0.25) is 19.1 Å². The minimum absolute atomic E-state index is 0.00359. The molecule has 8 heteroatoms. The van der Waals surface area contributed by atoms with Gasteiger partial charge in [0.25, 0.3) is 5.56 Å². The molecule has 0 unspecified atom stereocenters. The van der Waals surface area contributed by atoms with Crippen LogP contribution in [0.4, 0.5) is 5.82 Å². The lowest BCUT2D eigenvalue weighted by atomic mass is 9.95. The maximum atomic E-state index is 13.7. The van der Waals surface area contributed by atoms with Crippen LogP contribution in [0.2, 0.25) is 5.15 Å². The Kier molecular flexibility index (Phi) is 6.79. The number of carbonyl (C=O) groups is 1. The first-order chi connectivity index (χ1) is 15.1. The summed E-state index contributed by atoms with van der Waals surface area (Å²) in [6.07, 6.45) is 3.77. The van der Waals surface area contributed by atoms with Gasteiger partial charge in [0.1, 0.15) is 16.7 Å². The molecule has 3 rings (SSSR count). The van der Waals surface area contributed by atoms with Crippen LogP contribution in [0.3, 0.4) is 0 Å². The zero-order valence-corrected chi connectivity index (χ0v) is 19.2. The number of carbonyl (C=O) groups excluding carboxylic acids is 1. The van der Waals surface area contributed by atoms with Gasteiger partial charge in [-0.25, -0.2) is 9.78 Å². The van der Waals surface area contributed by atoms with Crippen LogP contribution in [-0.4, -0.2) is 20.3 Å². The Morgan fingerprint density at radius 3 is 2.56 bits per heavy atom. The van der Waals surface area contributed by atoms with E-state index < -0.39 is 17.0 Å². The largest absolute Gasteiger partial charge is 0.384 e. The number of halogens is 1. The summed E-state index contributed by atoms with van der Waals surface area (Å²) < 4.78 is 1.27. The zero-order chi connectivity index (χ0) is 23.6. The molecule has 2 aromatic heterocycles. The number of ketones is 1. The third-order valence-electron chi connectivity index (χ3n) is 4.96. The predicted octanol–water partition coefficient (Wildman–Crippen LogP) is 3.91. The minimum Gasteiger partial charge on any atom is -0.384 e. The molecule has 0 atom stereocenters. The van der Waals surface area contributed by atoms with Crippen LogP contribution in [0.1, 0.15) is 65.0 Å². The van der Waals surface area contributed by atoms with Crippen molar-refractivity contribution in [3.8, 4) is 0 Å². The number of pyridine rings is 1. The van der Waals surface area contributed by atoms with Gasteiger partial charge >= 0.3 is 5.69 Å². The van der Waals surface area contributed by atoms with Crippen molar-refractivity contribution in [3.05, 3.63) is 95.9 Å². The molecule has 166 valence electrons. The standard InChI is InChI=1S/C24H25ClN4O3/c1-5-6-15-7-14(4)8-17(9-15)22(30)21-20(13(2)3)23(31)28-24(32)29(21)12-16-10-18(25)27-19(26)11-16/h5-11,13H,12H2,1-4H3,(H2,26,27)(H,28,31,32). The second-order valence-electron chi connectivity index (χ2n) is 7.95. The van der Waals surface area contributed by atoms with E-state index in [1.807, 2.05) is 32.1 Å². The van der Waals surface area contributed by atoms with E-state index in [-0.39, 0.29) is 34.7 Å². The first-order valence-electron chi connectivity index (χ1n) is 10.2. The topological polar surface area (TPSA) is 111 Å². The molecular weight excluding hydrogens is 428 g/mol. The lowest BCUT2D eigenvalue weighted by Crippen LogP contribution is -2.38. The summed E-state index contributed by atoms with van der Waals surface area (Å²) in [5, 5.41) is 0.170. The second kappa shape index (κ2) is 9.36. The van der Waals surface area contributed by atoms with E-state index in [1.165, 1.54) is 4.57 Å². The van der Waals surface area contributed by atoms with E-state index in [4.69, 9.17) is 17.3 Å². The summed E-state index contributed by atoms with van der Waals surface area (Å²) in [5.41, 5.74) is 7.56. The van der Waals surface area contributed by atoms with E-state index in [9.17, 15) is 14.4 Å². The number of hydrogen-bond acceptors (Lipinski definition) is 5. The third kappa shape index (κ3) is 4.89. The fourth-order valence-corrected chi connectivity index (χ4v) is 3.97. The smallest absolute Gasteiger partial charge is 0.329 e. The molecule has 0 aliphatic rings. The molecular formula is C24H25ClN4O3. The van der Waals surface area contributed by atoms with Gasteiger partial charge in [0.2, 0.25) is 5.78 Å². The number of nitrogen functional groups attached to an aromatic ring is 1. The van der Waals surface area contributed by atoms with E-state index in [0.29, 0.717) is 11.1 Å². The number of nitrogens with zero attached hydrogens (tertiary/aromatic N) is 2. The Morgan fingerprint density at radius 1 is 1.22 bits per heavy atom. The molecule has 0 aliphatic heterocycles. The molecule has 3 aromatic rings. The molecule has 0 spiro atoms. The molecule has 0 saturated heterocycles. The van der Waals surface area contributed by atoms with Crippen LogP contribution in [0, 0.1) is 6.92 Å². The quantitative estimate of drug-likeness (QED) is 0.435. The van der Waals surface area contributed by atoms with Crippen molar-refractivity contribution in [2.24, 2.45) is 0 Å². The highest BCUT2D eigenvalue weighted by Gasteiger charge is 2.25. The van der Waals surface area contributed by atoms with Crippen LogP contribution in [0.15, 0.2) is 46.0 Å². The van der Waals surface area contributed by atoms with Crippen LogP contribution < -0.4 is 17.0 Å². The molecule has 0 radical (unpaired) electrons. The highest BCUT2D eigenvalue weighted by atomic mass is 35.5. The van der Waals surface area contributed by atoms with Crippen LogP contribution in [-0.2, 0) is 6.54 Å². The first kappa shape index (κ1) is 23.2. The molecule has 0 saturated carbocycles. The number of hydrogen-bond donors (Lipinski definition) is 2. The Morgan fingerprint density at radius 2 is 1.94 bits per heavy atom. The Hall–Kier alpha value is -3.45. The molecule has 32 heavy (non-hydrogen) atoms. The van der Waals surface area contributed by atoms with Crippen LogP contribution >= 0.6 is 11.6 Å². The van der Waals surface area contributed by atoms with Gasteiger partial charge < -0.3 is 5.73 Å². The van der Waals surface area contributed by atoms with E-state index in [2.05, 4.69) is 9.97 Å². The van der Waals surface area contributed by atoms with Crippen molar-refractivity contribution in [1.82, 2.24) is 14.5 Å². The summed E-state index contributed by atoms with van der Waals surface area (Å²) in [5.74, 6) is -0.508. The maximum Gasteiger partial charge on any atom is 0.329 e. The minimum atomic E-state index is -0.685. The average Bonchev–Trinajstić information content (AvgIpc) is 2.68. The van der Waals surface area contributed by atoms with Crippen molar-refractivity contribution in [2.45, 2.75) is 40.2 Å². The lowest BCUT2D eigenvalue weighted by molar-refractivity contribution is 0.102. The number of aromatic amines is 1. The van der Waals surface area contributed by atoms with Gasteiger partial charge in [-0.05, 0) is 60.7 Å². The number of aryl methyl sites for hydroxylation is 1. The maximum absolute atomic E-state index is 13.7. The summed E-state index contributed by atoms with van der Waals surface area (Å²) in [6.45, 7) is 7.38. The fraction of sp³-hybridized carbons (Fsp3) is 0.250. The molecule has 0 amide bonds. The molecule has 0 bridgehead atoms. The Bertz CT molecular complexity index is 1320. The number of benzene rings is 1. The van der Waals surface area contributed by atoms with E-state index in [0.717, 1.165) is 11.1 Å². The normalized spacial score (nSPS) is 11.4. The lowest BCUT2D eigenvalue weighted by Gasteiger charge is -2.18. The summed E-state index contributed by atoms with van der Waals surface area (Å²) >= 11 is 6.02. The Labute approximate surface area is 190 Å². The highest BCUT2D eigenvalue weighted by molar-refractivity contribution is 6.29. The van der Waals surface area contributed by atoms with Crippen LogP contribution in [0.25, 0.3) is 6.08 Å². The van der Waals surface area contributed by atoms with Gasteiger partial charge in [0.15, 0.2) is 0 Å². The van der Waals surface area contributed by atoms with Crippen molar-refractivity contribution in [3.63, 3.8) is 0 Å². The molecule has 7 nitrogen and oxygen atoms in total. The highest BCUT2D eigenvalue weighted by Crippen LogP contribution is 2.22. The fourth-order valence-electron chi connectivity index (χ4n) is 3.73. The second-order valence-corrected chi connectivity index (χ2v) is 8.33. The van der Waals surface area contributed by atoms with Crippen molar-refractivity contribution in [2.75, 3.05) is 5.73 Å². The van der Waals surface area contributed by atoms with E-state index in [1.54, 1.807) is 38.1 Å². The van der Waals surface area contributed by atoms with Crippen LogP contribution in [0.5, 0.6) is 0 Å². The number of nitrogens with two attached hydrogens (primary N) is 1. The SMILES string of the molecule is CC=Cc1cc(C)cc(C(=O)c2c(C(C)C)c(=O)[nH]c(=O)n2Cc2cc(N)nc(Cl)c2)c1. The van der Waals surface area contributed by atoms with E-state index >= 15 is 0 Å². The van der Waals surface area contributed by atoms with Gasteiger partial charge in [-0.2, -0.15) is 0 Å². The van der Waals surface area contributed by atoms with Gasteiger partial charge in [-0.15, -0.1) is 0 Å². The number of allylic oxidation sites excluding steroid dienone is 1. The van der Waals surface area contributed by atoms with Crippen molar-refractivity contribution < 1.29 is 4.79 Å². The molecule has 3 N–H and O–H groups in total. The number of H-pyrrole nitrogens is 1. The van der Waals surface area contributed by atoms with Gasteiger partial charge in [-0.1, -0.05) is 43.7 Å². The van der Waals surface area contributed by atoms with Gasteiger partial charge in [0, 0.05) is 11.1 Å². The summed E-state index contributed by atoms with van der Waals surface area (Å²) in [6, 6.07) is 8.58. The number of aromatic nitrogens is 3. The van der Waals surface area contributed by atoms with Crippen molar-refractivity contribution in [1.29, 1.82) is 0 Å². The number of rotatable bonds is 6. The predicted molar refractivity (Wildman–Crippen MR) is 127 cm³/mol. The molecule has 0 fully saturated rings. The first-order valence-corrected chi connectivity index (χ1v) is 10.6. The molecule has 2 heterocycles. The van der Waals surface area contributed by atoms with Crippen molar-refractivity contribution >= 4 is 29.3 Å². The molecule has 1 aromatic carbocycles. The van der Waals surface area contributed by atoms with Gasteiger partial charge in [0.05, 0.1) is 6.54 Å². The Balaban J connectivity index is 2.28. The zero-order valence-electron chi connectivity index (χ0n) is 18.4. The summed E-state index contributed by atoms with van der Waals surface area (Å²) in [7, 11) is 0. The molecule has 0 aliphatic carbocycles.